The summed E-state index contributed by atoms with van der Waals surface area (Å²) in [6.07, 6.45) is 0.569. The molecule has 3 aromatic carbocycles. The van der Waals surface area contributed by atoms with E-state index >= 15 is 0 Å². The van der Waals surface area contributed by atoms with Gasteiger partial charge in [-0.2, -0.15) is 0 Å². The van der Waals surface area contributed by atoms with Crippen LogP contribution < -0.4 is 31.6 Å². The summed E-state index contributed by atoms with van der Waals surface area (Å²) in [7, 11) is 7.26. The van der Waals surface area contributed by atoms with Crippen LogP contribution in [0.25, 0.3) is 0 Å². The Morgan fingerprint density at radius 1 is 0.923 bits per heavy atom. The molecule has 3 aromatic rings. The third kappa shape index (κ3) is 7.20. The fourth-order valence-electron chi connectivity index (χ4n) is 5.20. The SMILES string of the molecule is COc1ccc(C(N(C)C)C(C)(C)CC(NC(N)=O)c2ccc(C(=O)Nc3ccccc3N)cc2)cc1OC. The third-order valence-corrected chi connectivity index (χ3v) is 6.81. The number of carbonyl (C=O) groups excluding carboxylic acids is 2. The Hall–Kier alpha value is -4.24. The lowest BCUT2D eigenvalue weighted by atomic mass is 9.74. The van der Waals surface area contributed by atoms with E-state index in [-0.39, 0.29) is 23.4 Å². The molecule has 3 amide bonds. The molecule has 2 unspecified atom stereocenters. The first-order valence-corrected chi connectivity index (χ1v) is 12.7. The lowest BCUT2D eigenvalue weighted by Gasteiger charge is -2.41. The highest BCUT2D eigenvalue weighted by atomic mass is 16.5. The van der Waals surface area contributed by atoms with Crippen molar-refractivity contribution in [3.63, 3.8) is 0 Å². The van der Waals surface area contributed by atoms with Gasteiger partial charge < -0.3 is 36.5 Å². The molecule has 0 fully saturated rings. The van der Waals surface area contributed by atoms with Crippen LogP contribution in [0.2, 0.25) is 0 Å². The molecule has 0 aliphatic heterocycles. The maximum atomic E-state index is 12.8. The molecule has 39 heavy (non-hydrogen) atoms. The van der Waals surface area contributed by atoms with Crippen LogP contribution in [0.3, 0.4) is 0 Å². The van der Waals surface area contributed by atoms with Gasteiger partial charge in [0.15, 0.2) is 11.5 Å². The summed E-state index contributed by atoms with van der Waals surface area (Å²) >= 11 is 0. The molecule has 2 atom stereocenters. The summed E-state index contributed by atoms with van der Waals surface area (Å²) in [5.41, 5.74) is 14.6. The van der Waals surface area contributed by atoms with Crippen LogP contribution in [-0.2, 0) is 0 Å². The van der Waals surface area contributed by atoms with Crippen molar-refractivity contribution in [3.05, 3.63) is 83.4 Å². The Kier molecular flexibility index (Phi) is 9.42. The van der Waals surface area contributed by atoms with Crippen molar-refractivity contribution in [2.75, 3.05) is 39.4 Å². The molecule has 0 saturated carbocycles. The second kappa shape index (κ2) is 12.5. The number of hydrogen-bond donors (Lipinski definition) is 4. The molecule has 6 N–H and O–H groups in total. The molecule has 0 radical (unpaired) electrons. The van der Waals surface area contributed by atoms with Gasteiger partial charge in [0.05, 0.1) is 31.6 Å². The molecule has 208 valence electrons. The number of urea groups is 1. The summed E-state index contributed by atoms with van der Waals surface area (Å²) in [5.74, 6) is 1.03. The van der Waals surface area contributed by atoms with Crippen LogP contribution in [0, 0.1) is 5.41 Å². The fourth-order valence-corrected chi connectivity index (χ4v) is 5.20. The highest BCUT2D eigenvalue weighted by molar-refractivity contribution is 6.05. The zero-order valence-corrected chi connectivity index (χ0v) is 23.4. The third-order valence-electron chi connectivity index (χ3n) is 6.81. The van der Waals surface area contributed by atoms with Gasteiger partial charge in [-0.1, -0.05) is 44.2 Å². The molecule has 0 heterocycles. The quantitative estimate of drug-likeness (QED) is 0.257. The molecule has 0 spiro atoms. The summed E-state index contributed by atoms with van der Waals surface area (Å²) < 4.78 is 11.0. The number of carbonyl (C=O) groups is 2. The molecule has 3 rings (SSSR count). The van der Waals surface area contributed by atoms with E-state index in [0.717, 1.165) is 11.1 Å². The predicted octanol–water partition coefficient (Wildman–Crippen LogP) is 4.97. The summed E-state index contributed by atoms with van der Waals surface area (Å²) in [6.45, 7) is 4.30. The number of rotatable bonds is 11. The monoisotopic (exact) mass is 533 g/mol. The number of primary amides is 1. The van der Waals surface area contributed by atoms with Crippen molar-refractivity contribution in [1.82, 2.24) is 10.2 Å². The van der Waals surface area contributed by atoms with Gasteiger partial charge in [-0.25, -0.2) is 4.79 Å². The average molecular weight is 534 g/mol. The predicted molar refractivity (Wildman–Crippen MR) is 155 cm³/mol. The maximum Gasteiger partial charge on any atom is 0.312 e. The number of nitrogen functional groups attached to an aromatic ring is 1. The lowest BCUT2D eigenvalue weighted by Crippen LogP contribution is -2.40. The van der Waals surface area contributed by atoms with E-state index in [2.05, 4.69) is 29.4 Å². The Balaban J connectivity index is 1.87. The van der Waals surface area contributed by atoms with Gasteiger partial charge in [0.2, 0.25) is 0 Å². The Labute approximate surface area is 230 Å². The van der Waals surface area contributed by atoms with E-state index in [1.807, 2.05) is 44.4 Å². The van der Waals surface area contributed by atoms with Gasteiger partial charge in [0.25, 0.3) is 5.91 Å². The Morgan fingerprint density at radius 3 is 2.10 bits per heavy atom. The summed E-state index contributed by atoms with van der Waals surface area (Å²) in [6, 6.07) is 19.1. The lowest BCUT2D eigenvalue weighted by molar-refractivity contribution is 0.102. The number of methoxy groups -OCH3 is 2. The van der Waals surface area contributed by atoms with Crippen molar-refractivity contribution < 1.29 is 19.1 Å². The van der Waals surface area contributed by atoms with E-state index in [4.69, 9.17) is 20.9 Å². The van der Waals surface area contributed by atoms with Crippen LogP contribution in [-0.4, -0.2) is 45.2 Å². The molecule has 0 saturated heterocycles. The average Bonchev–Trinajstić information content (AvgIpc) is 2.88. The highest BCUT2D eigenvalue weighted by Gasteiger charge is 2.36. The zero-order valence-electron chi connectivity index (χ0n) is 23.4. The minimum atomic E-state index is -0.621. The van der Waals surface area contributed by atoms with Crippen LogP contribution in [0.15, 0.2) is 66.7 Å². The minimum Gasteiger partial charge on any atom is -0.493 e. The first-order chi connectivity index (χ1) is 18.5. The summed E-state index contributed by atoms with van der Waals surface area (Å²) in [5, 5.41) is 5.72. The second-order valence-corrected chi connectivity index (χ2v) is 10.4. The van der Waals surface area contributed by atoms with Crippen LogP contribution in [0.5, 0.6) is 11.5 Å². The number of nitrogens with one attached hydrogen (secondary N) is 2. The van der Waals surface area contributed by atoms with Gasteiger partial charge in [-0.3, -0.25) is 4.79 Å². The molecule has 9 heteroatoms. The molecule has 0 aliphatic carbocycles. The van der Waals surface area contributed by atoms with Crippen LogP contribution >= 0.6 is 0 Å². The molecular weight excluding hydrogens is 494 g/mol. The number of nitrogens with two attached hydrogens (primary N) is 2. The van der Waals surface area contributed by atoms with E-state index in [0.29, 0.717) is 34.9 Å². The topological polar surface area (TPSA) is 132 Å². The number of benzene rings is 3. The van der Waals surface area contributed by atoms with Gasteiger partial charge in [-0.05, 0) is 73.5 Å². The second-order valence-electron chi connectivity index (χ2n) is 10.4. The van der Waals surface area contributed by atoms with E-state index in [1.54, 1.807) is 50.6 Å². The van der Waals surface area contributed by atoms with Crippen molar-refractivity contribution >= 4 is 23.3 Å². The number of nitrogens with zero attached hydrogens (tertiary/aromatic N) is 1. The van der Waals surface area contributed by atoms with Gasteiger partial charge in [0, 0.05) is 11.6 Å². The maximum absolute atomic E-state index is 12.8. The molecule has 0 aromatic heterocycles. The van der Waals surface area contributed by atoms with Crippen molar-refractivity contribution in [2.24, 2.45) is 11.1 Å². The highest BCUT2D eigenvalue weighted by Crippen LogP contribution is 2.45. The van der Waals surface area contributed by atoms with Crippen LogP contribution in [0.4, 0.5) is 16.2 Å². The Morgan fingerprint density at radius 2 is 1.54 bits per heavy atom. The molecule has 0 bridgehead atoms. The zero-order chi connectivity index (χ0) is 28.7. The van der Waals surface area contributed by atoms with E-state index in [9.17, 15) is 9.59 Å². The Bertz CT molecular complexity index is 1290. The number of hydrogen-bond acceptors (Lipinski definition) is 6. The normalized spacial score (nSPS) is 12.9. The molecular formula is C30H39N5O4. The number of ether oxygens (including phenoxy) is 2. The van der Waals surface area contributed by atoms with Crippen LogP contribution in [0.1, 0.15) is 53.8 Å². The van der Waals surface area contributed by atoms with Crippen molar-refractivity contribution in [2.45, 2.75) is 32.4 Å². The molecule has 0 aliphatic rings. The smallest absolute Gasteiger partial charge is 0.312 e. The van der Waals surface area contributed by atoms with Crippen molar-refractivity contribution in [1.29, 1.82) is 0 Å². The first-order valence-electron chi connectivity index (χ1n) is 12.7. The summed E-state index contributed by atoms with van der Waals surface area (Å²) in [4.78, 5) is 26.9. The van der Waals surface area contributed by atoms with E-state index < -0.39 is 6.03 Å². The van der Waals surface area contributed by atoms with Gasteiger partial charge in [0.1, 0.15) is 0 Å². The standard InChI is InChI=1S/C30H39N5O4/c1-30(2,27(35(3)4)21-15-16-25(38-5)26(17-21)39-6)18-24(34-29(32)37)19-11-13-20(14-12-19)28(36)33-23-10-8-7-9-22(23)31/h7-17,24,27H,18,31H2,1-6H3,(H,33,36)(H3,32,34,37). The van der Waals surface area contributed by atoms with Gasteiger partial charge in [-0.15, -0.1) is 0 Å². The number of amides is 3. The van der Waals surface area contributed by atoms with Crippen molar-refractivity contribution in [3.8, 4) is 11.5 Å². The fraction of sp³-hybridized carbons (Fsp3) is 0.333. The molecule has 9 nitrogen and oxygen atoms in total. The minimum absolute atomic E-state index is 0.0316. The largest absolute Gasteiger partial charge is 0.493 e. The van der Waals surface area contributed by atoms with Gasteiger partial charge >= 0.3 is 6.03 Å². The number of anilines is 2. The first kappa shape index (κ1) is 29.3. The van der Waals surface area contributed by atoms with E-state index in [1.165, 1.54) is 0 Å². The number of para-hydroxylation sites is 2.